The van der Waals surface area contributed by atoms with Crippen LogP contribution in [0, 0.1) is 5.41 Å². The number of methoxy groups -OCH3 is 1. The Morgan fingerprint density at radius 3 is 2.24 bits per heavy atom. The van der Waals surface area contributed by atoms with E-state index in [9.17, 15) is 9.59 Å². The van der Waals surface area contributed by atoms with Gasteiger partial charge in [0.2, 0.25) is 11.8 Å². The number of hydrogen-bond donors (Lipinski definition) is 2. The third-order valence-corrected chi connectivity index (χ3v) is 3.47. The summed E-state index contributed by atoms with van der Waals surface area (Å²) in [5.74, 6) is 0.0955. The molecule has 0 aliphatic carbocycles. The van der Waals surface area contributed by atoms with E-state index in [0.717, 1.165) is 6.42 Å². The number of nitrogens with one attached hydrogen (secondary N) is 2. The highest BCUT2D eigenvalue weighted by Crippen LogP contribution is 2.21. The molecule has 21 heavy (non-hydrogen) atoms. The lowest BCUT2D eigenvalue weighted by atomic mass is 9.90. The number of benzene rings is 1. The van der Waals surface area contributed by atoms with Gasteiger partial charge in [0.25, 0.3) is 0 Å². The molecule has 0 fully saturated rings. The average Bonchev–Trinajstić information content (AvgIpc) is 2.47. The minimum atomic E-state index is -1.14. The molecule has 0 saturated carbocycles. The van der Waals surface area contributed by atoms with Gasteiger partial charge in [-0.25, -0.2) is 0 Å². The number of rotatable bonds is 6. The van der Waals surface area contributed by atoms with Gasteiger partial charge >= 0.3 is 0 Å². The Bertz CT molecular complexity index is 495. The van der Waals surface area contributed by atoms with Crippen LogP contribution < -0.4 is 15.4 Å². The second kappa shape index (κ2) is 7.11. The zero-order valence-corrected chi connectivity index (χ0v) is 13.3. The van der Waals surface area contributed by atoms with Gasteiger partial charge in [-0.1, -0.05) is 6.92 Å². The van der Waals surface area contributed by atoms with Crippen LogP contribution in [-0.4, -0.2) is 25.0 Å². The van der Waals surface area contributed by atoms with Crippen LogP contribution >= 0.6 is 0 Å². The summed E-state index contributed by atoms with van der Waals surface area (Å²) in [5, 5.41) is 5.59. The Morgan fingerprint density at radius 1 is 1.19 bits per heavy atom. The first kappa shape index (κ1) is 17.0. The maximum Gasteiger partial charge on any atom is 0.239 e. The lowest BCUT2D eigenvalue weighted by Crippen LogP contribution is -2.47. The zero-order valence-electron chi connectivity index (χ0n) is 13.3. The first-order valence-corrected chi connectivity index (χ1v) is 7.07. The number of hydrogen-bond acceptors (Lipinski definition) is 3. The van der Waals surface area contributed by atoms with Crippen molar-refractivity contribution in [3.05, 3.63) is 24.3 Å². The molecule has 1 atom stereocenters. The summed E-state index contributed by atoms with van der Waals surface area (Å²) in [4.78, 5) is 24.5. The van der Waals surface area contributed by atoms with Gasteiger partial charge in [0.15, 0.2) is 0 Å². The average molecular weight is 292 g/mol. The highest BCUT2D eigenvalue weighted by Gasteiger charge is 2.36. The molecule has 0 aromatic heterocycles. The SMILES string of the molecule is CCC(C)NC(=O)C(C)(C)C(=O)Nc1ccc(OC)cc1. The highest BCUT2D eigenvalue weighted by molar-refractivity contribution is 6.09. The quantitative estimate of drug-likeness (QED) is 0.792. The number of anilines is 1. The normalized spacial score (nSPS) is 12.4. The van der Waals surface area contributed by atoms with Crippen molar-refractivity contribution in [2.75, 3.05) is 12.4 Å². The molecule has 2 N–H and O–H groups in total. The molecule has 2 amide bonds. The molecule has 0 aliphatic rings. The summed E-state index contributed by atoms with van der Waals surface area (Å²) < 4.78 is 5.06. The smallest absolute Gasteiger partial charge is 0.239 e. The van der Waals surface area contributed by atoms with Crippen molar-refractivity contribution in [1.82, 2.24) is 5.32 Å². The molecular weight excluding hydrogens is 268 g/mol. The van der Waals surface area contributed by atoms with E-state index in [1.165, 1.54) is 0 Å². The lowest BCUT2D eigenvalue weighted by molar-refractivity contribution is -0.138. The molecule has 0 spiro atoms. The molecule has 1 aromatic carbocycles. The molecule has 5 heteroatoms. The van der Waals surface area contributed by atoms with E-state index in [0.29, 0.717) is 11.4 Å². The van der Waals surface area contributed by atoms with Crippen molar-refractivity contribution in [2.45, 2.75) is 40.2 Å². The van der Waals surface area contributed by atoms with Crippen molar-refractivity contribution in [1.29, 1.82) is 0 Å². The van der Waals surface area contributed by atoms with Gasteiger partial charge in [-0.15, -0.1) is 0 Å². The number of carbonyl (C=O) groups excluding carboxylic acids is 2. The highest BCUT2D eigenvalue weighted by atomic mass is 16.5. The van der Waals surface area contributed by atoms with Crippen LogP contribution in [0.15, 0.2) is 24.3 Å². The van der Waals surface area contributed by atoms with Crippen LogP contribution in [0.1, 0.15) is 34.1 Å². The van der Waals surface area contributed by atoms with Gasteiger partial charge in [-0.2, -0.15) is 0 Å². The summed E-state index contributed by atoms with van der Waals surface area (Å²) in [6.07, 6.45) is 0.821. The summed E-state index contributed by atoms with van der Waals surface area (Å²) in [6, 6.07) is 7.02. The Balaban J connectivity index is 2.73. The van der Waals surface area contributed by atoms with Crippen molar-refractivity contribution >= 4 is 17.5 Å². The summed E-state index contributed by atoms with van der Waals surface area (Å²) in [5.41, 5.74) is -0.506. The van der Waals surface area contributed by atoms with E-state index in [4.69, 9.17) is 4.74 Å². The fourth-order valence-electron chi connectivity index (χ4n) is 1.57. The second-order valence-corrected chi connectivity index (χ2v) is 5.59. The van der Waals surface area contributed by atoms with E-state index < -0.39 is 5.41 Å². The third-order valence-electron chi connectivity index (χ3n) is 3.47. The van der Waals surface area contributed by atoms with Crippen LogP contribution in [0.5, 0.6) is 5.75 Å². The minimum Gasteiger partial charge on any atom is -0.497 e. The molecule has 5 nitrogen and oxygen atoms in total. The monoisotopic (exact) mass is 292 g/mol. The first-order chi connectivity index (χ1) is 9.81. The Kier molecular flexibility index (Phi) is 5.76. The van der Waals surface area contributed by atoms with E-state index in [1.807, 2.05) is 13.8 Å². The molecule has 0 radical (unpaired) electrons. The number of amides is 2. The van der Waals surface area contributed by atoms with Gasteiger partial charge in [0.1, 0.15) is 11.2 Å². The van der Waals surface area contributed by atoms with Crippen LogP contribution in [0.25, 0.3) is 0 Å². The molecule has 0 bridgehead atoms. The van der Waals surface area contributed by atoms with E-state index in [-0.39, 0.29) is 17.9 Å². The Hall–Kier alpha value is -2.04. The van der Waals surface area contributed by atoms with Gasteiger partial charge < -0.3 is 15.4 Å². The number of ether oxygens (including phenoxy) is 1. The van der Waals surface area contributed by atoms with Crippen LogP contribution in [-0.2, 0) is 9.59 Å². The van der Waals surface area contributed by atoms with Crippen molar-refractivity contribution in [3.63, 3.8) is 0 Å². The maximum absolute atomic E-state index is 12.3. The predicted octanol–water partition coefficient (Wildman–Crippen LogP) is 2.57. The molecule has 1 rings (SSSR count). The fraction of sp³-hybridized carbons (Fsp3) is 0.500. The maximum atomic E-state index is 12.3. The Morgan fingerprint density at radius 2 is 1.76 bits per heavy atom. The Labute approximate surface area is 126 Å². The van der Waals surface area contributed by atoms with Gasteiger partial charge in [-0.05, 0) is 51.5 Å². The van der Waals surface area contributed by atoms with Crippen LogP contribution in [0.3, 0.4) is 0 Å². The van der Waals surface area contributed by atoms with Crippen LogP contribution in [0.4, 0.5) is 5.69 Å². The minimum absolute atomic E-state index is 0.0468. The summed E-state index contributed by atoms with van der Waals surface area (Å²) in [6.45, 7) is 7.12. The fourth-order valence-corrected chi connectivity index (χ4v) is 1.57. The topological polar surface area (TPSA) is 67.4 Å². The molecule has 1 unspecified atom stereocenters. The van der Waals surface area contributed by atoms with Crippen LogP contribution in [0.2, 0.25) is 0 Å². The molecule has 0 heterocycles. The molecular formula is C16H24N2O3. The first-order valence-electron chi connectivity index (χ1n) is 7.07. The van der Waals surface area contributed by atoms with Crippen molar-refractivity contribution in [2.24, 2.45) is 5.41 Å². The summed E-state index contributed by atoms with van der Waals surface area (Å²) >= 11 is 0. The molecule has 0 aliphatic heterocycles. The lowest BCUT2D eigenvalue weighted by Gasteiger charge is -2.24. The largest absolute Gasteiger partial charge is 0.497 e. The van der Waals surface area contributed by atoms with Gasteiger partial charge in [-0.3, -0.25) is 9.59 Å². The van der Waals surface area contributed by atoms with E-state index in [1.54, 1.807) is 45.2 Å². The molecule has 0 saturated heterocycles. The third kappa shape index (κ3) is 4.48. The number of carbonyl (C=O) groups is 2. The standard InChI is InChI=1S/C16H24N2O3/c1-6-11(2)17-14(19)16(3,4)15(20)18-12-7-9-13(21-5)10-8-12/h7-11H,6H2,1-5H3,(H,17,19)(H,18,20). The van der Waals surface area contributed by atoms with Gasteiger partial charge in [0, 0.05) is 11.7 Å². The zero-order chi connectivity index (χ0) is 16.0. The van der Waals surface area contributed by atoms with Gasteiger partial charge in [0.05, 0.1) is 7.11 Å². The summed E-state index contributed by atoms with van der Waals surface area (Å²) in [7, 11) is 1.58. The van der Waals surface area contributed by atoms with E-state index >= 15 is 0 Å². The van der Waals surface area contributed by atoms with E-state index in [2.05, 4.69) is 10.6 Å². The van der Waals surface area contributed by atoms with Crippen molar-refractivity contribution in [3.8, 4) is 5.75 Å². The molecule has 116 valence electrons. The predicted molar refractivity (Wildman–Crippen MR) is 83.3 cm³/mol. The second-order valence-electron chi connectivity index (χ2n) is 5.59. The molecule has 1 aromatic rings. The van der Waals surface area contributed by atoms with Crippen molar-refractivity contribution < 1.29 is 14.3 Å².